The zero-order valence-electron chi connectivity index (χ0n) is 8.69. The van der Waals surface area contributed by atoms with Crippen LogP contribution < -0.4 is 5.73 Å². The second-order valence-corrected chi connectivity index (χ2v) is 4.42. The van der Waals surface area contributed by atoms with E-state index in [2.05, 4.69) is 4.98 Å². The van der Waals surface area contributed by atoms with Crippen LogP contribution in [0.25, 0.3) is 5.69 Å². The van der Waals surface area contributed by atoms with Gasteiger partial charge in [-0.2, -0.15) is 0 Å². The first-order valence-electron chi connectivity index (χ1n) is 4.83. The topological polar surface area (TPSA) is 43.8 Å². The van der Waals surface area contributed by atoms with Crippen molar-refractivity contribution in [2.24, 2.45) is 5.73 Å². The summed E-state index contributed by atoms with van der Waals surface area (Å²) in [6, 6.07) is 5.18. The Kier molecular flexibility index (Phi) is 3.19. The van der Waals surface area contributed by atoms with Crippen molar-refractivity contribution in [1.29, 1.82) is 0 Å². The number of halogens is 2. The van der Waals surface area contributed by atoms with Crippen LogP contribution in [0, 0.1) is 0 Å². The number of nitrogens with two attached hydrogens (primary N) is 1. The Morgan fingerprint density at radius 3 is 2.81 bits per heavy atom. The molecule has 0 bridgehead atoms. The number of benzene rings is 1. The molecule has 0 spiro atoms. The summed E-state index contributed by atoms with van der Waals surface area (Å²) in [5.74, 6) is 0. The first kappa shape index (κ1) is 11.5. The Hall–Kier alpha value is -1.03. The van der Waals surface area contributed by atoms with Gasteiger partial charge in [-0.05, 0) is 25.1 Å². The number of hydrogen-bond acceptors (Lipinski definition) is 2. The summed E-state index contributed by atoms with van der Waals surface area (Å²) in [5.41, 5.74) is 7.53. The third-order valence-electron chi connectivity index (χ3n) is 2.30. The molecule has 84 valence electrons. The maximum Gasteiger partial charge on any atom is 0.0995 e. The van der Waals surface area contributed by atoms with Gasteiger partial charge >= 0.3 is 0 Å². The summed E-state index contributed by atoms with van der Waals surface area (Å²) in [5, 5.41) is 1.24. The van der Waals surface area contributed by atoms with Crippen LogP contribution in [0.15, 0.2) is 30.7 Å². The maximum absolute atomic E-state index is 6.12. The summed E-state index contributed by atoms with van der Waals surface area (Å²) in [6.07, 6.45) is 3.40. The van der Waals surface area contributed by atoms with Crippen molar-refractivity contribution >= 4 is 23.2 Å². The van der Waals surface area contributed by atoms with E-state index < -0.39 is 0 Å². The van der Waals surface area contributed by atoms with Gasteiger partial charge in [0.1, 0.15) is 0 Å². The molecule has 2 N–H and O–H groups in total. The molecule has 2 aromatic rings. The van der Waals surface area contributed by atoms with Crippen molar-refractivity contribution in [2.45, 2.75) is 13.0 Å². The zero-order chi connectivity index (χ0) is 11.7. The number of nitrogens with zero attached hydrogens (tertiary/aromatic N) is 2. The van der Waals surface area contributed by atoms with E-state index >= 15 is 0 Å². The summed E-state index contributed by atoms with van der Waals surface area (Å²) in [4.78, 5) is 4.07. The highest BCUT2D eigenvalue weighted by Crippen LogP contribution is 2.26. The molecular weight excluding hydrogens is 245 g/mol. The minimum atomic E-state index is -0.113. The van der Waals surface area contributed by atoms with Crippen LogP contribution >= 0.6 is 23.2 Å². The lowest BCUT2D eigenvalue weighted by Crippen LogP contribution is -2.10. The van der Waals surface area contributed by atoms with Crippen molar-refractivity contribution in [3.8, 4) is 5.69 Å². The lowest BCUT2D eigenvalue weighted by Gasteiger charge is -2.12. The third-order valence-corrected chi connectivity index (χ3v) is 2.86. The highest BCUT2D eigenvalue weighted by molar-refractivity contribution is 6.34. The maximum atomic E-state index is 6.12. The second kappa shape index (κ2) is 4.45. The molecule has 0 radical (unpaired) electrons. The molecule has 0 saturated heterocycles. The predicted molar refractivity (Wildman–Crippen MR) is 66.2 cm³/mol. The van der Waals surface area contributed by atoms with Gasteiger partial charge in [-0.1, -0.05) is 23.2 Å². The highest BCUT2D eigenvalue weighted by Gasteiger charge is 2.11. The zero-order valence-corrected chi connectivity index (χ0v) is 10.2. The monoisotopic (exact) mass is 255 g/mol. The Balaban J connectivity index is 2.58. The van der Waals surface area contributed by atoms with Crippen molar-refractivity contribution in [1.82, 2.24) is 9.55 Å². The summed E-state index contributed by atoms with van der Waals surface area (Å²) in [6.45, 7) is 1.89. The molecule has 1 unspecified atom stereocenters. The first-order valence-corrected chi connectivity index (χ1v) is 5.58. The Bertz CT molecular complexity index is 506. The van der Waals surface area contributed by atoms with Crippen molar-refractivity contribution in [3.05, 3.63) is 46.5 Å². The fraction of sp³-hybridized carbons (Fsp3) is 0.182. The Morgan fingerprint density at radius 1 is 1.38 bits per heavy atom. The van der Waals surface area contributed by atoms with Gasteiger partial charge in [0.25, 0.3) is 0 Å². The minimum Gasteiger partial charge on any atom is -0.323 e. The lowest BCUT2D eigenvalue weighted by atomic mass is 10.2. The van der Waals surface area contributed by atoms with Gasteiger partial charge in [0.15, 0.2) is 0 Å². The van der Waals surface area contributed by atoms with Gasteiger partial charge in [0.2, 0.25) is 0 Å². The first-order chi connectivity index (χ1) is 7.59. The second-order valence-electron chi connectivity index (χ2n) is 3.57. The molecule has 1 atom stereocenters. The van der Waals surface area contributed by atoms with Crippen LogP contribution in [-0.2, 0) is 0 Å². The third kappa shape index (κ3) is 2.07. The van der Waals surface area contributed by atoms with Crippen molar-refractivity contribution in [2.75, 3.05) is 0 Å². The van der Waals surface area contributed by atoms with Gasteiger partial charge in [-0.3, -0.25) is 0 Å². The van der Waals surface area contributed by atoms with Crippen LogP contribution in [0.5, 0.6) is 0 Å². The fourth-order valence-corrected chi connectivity index (χ4v) is 1.89. The van der Waals surface area contributed by atoms with Gasteiger partial charge in [0.05, 0.1) is 28.9 Å². The molecule has 1 heterocycles. The summed E-state index contributed by atoms with van der Waals surface area (Å²) < 4.78 is 1.85. The molecule has 0 aliphatic carbocycles. The Morgan fingerprint density at radius 2 is 2.12 bits per heavy atom. The predicted octanol–water partition coefficient (Wildman–Crippen LogP) is 3.20. The molecule has 1 aromatic carbocycles. The van der Waals surface area contributed by atoms with Crippen LogP contribution in [0.3, 0.4) is 0 Å². The van der Waals surface area contributed by atoms with E-state index in [1.165, 1.54) is 0 Å². The van der Waals surface area contributed by atoms with E-state index in [4.69, 9.17) is 28.9 Å². The molecule has 0 aliphatic rings. The van der Waals surface area contributed by atoms with Crippen LogP contribution in [0.4, 0.5) is 0 Å². The van der Waals surface area contributed by atoms with Gasteiger partial charge in [0, 0.05) is 11.1 Å². The quantitative estimate of drug-likeness (QED) is 0.896. The summed E-state index contributed by atoms with van der Waals surface area (Å²) in [7, 11) is 0. The minimum absolute atomic E-state index is 0.113. The molecule has 0 aliphatic heterocycles. The lowest BCUT2D eigenvalue weighted by molar-refractivity contribution is 0.752. The SMILES string of the molecule is CC(N)c1cncn1-c1cc(Cl)ccc1Cl. The molecule has 16 heavy (non-hydrogen) atoms. The Labute approximate surface area is 104 Å². The molecule has 3 nitrogen and oxygen atoms in total. The molecule has 0 amide bonds. The van der Waals surface area contributed by atoms with Crippen LogP contribution in [0.2, 0.25) is 10.0 Å². The van der Waals surface area contributed by atoms with Gasteiger partial charge in [-0.25, -0.2) is 4.98 Å². The molecule has 2 rings (SSSR count). The van der Waals surface area contributed by atoms with E-state index in [0.717, 1.165) is 11.4 Å². The largest absolute Gasteiger partial charge is 0.323 e. The van der Waals surface area contributed by atoms with E-state index in [1.807, 2.05) is 11.5 Å². The standard InChI is InChI=1S/C11H11Cl2N3/c1-7(14)11-5-15-6-16(11)10-4-8(12)2-3-9(10)13/h2-7H,14H2,1H3. The highest BCUT2D eigenvalue weighted by atomic mass is 35.5. The molecule has 1 aromatic heterocycles. The normalized spacial score (nSPS) is 12.8. The van der Waals surface area contributed by atoms with Crippen molar-refractivity contribution < 1.29 is 0 Å². The molecule has 0 saturated carbocycles. The number of rotatable bonds is 2. The van der Waals surface area contributed by atoms with E-state index in [0.29, 0.717) is 10.0 Å². The van der Waals surface area contributed by atoms with Crippen LogP contribution in [-0.4, -0.2) is 9.55 Å². The average molecular weight is 256 g/mol. The molecule has 0 fully saturated rings. The van der Waals surface area contributed by atoms with Gasteiger partial charge in [-0.15, -0.1) is 0 Å². The fourth-order valence-electron chi connectivity index (χ4n) is 1.51. The number of imidazole rings is 1. The van der Waals surface area contributed by atoms with Crippen LogP contribution in [0.1, 0.15) is 18.7 Å². The van der Waals surface area contributed by atoms with E-state index in [-0.39, 0.29) is 6.04 Å². The number of aromatic nitrogens is 2. The summed E-state index contributed by atoms with van der Waals surface area (Å²) >= 11 is 12.1. The van der Waals surface area contributed by atoms with E-state index in [9.17, 15) is 0 Å². The van der Waals surface area contributed by atoms with E-state index in [1.54, 1.807) is 30.7 Å². The van der Waals surface area contributed by atoms with Crippen molar-refractivity contribution in [3.63, 3.8) is 0 Å². The molecule has 5 heteroatoms. The number of hydrogen-bond donors (Lipinski definition) is 1. The smallest absolute Gasteiger partial charge is 0.0995 e. The molecular formula is C11H11Cl2N3. The van der Waals surface area contributed by atoms with Gasteiger partial charge < -0.3 is 10.3 Å². The average Bonchev–Trinajstić information content (AvgIpc) is 2.70.